The van der Waals surface area contributed by atoms with Crippen molar-refractivity contribution in [3.63, 3.8) is 0 Å². The quantitative estimate of drug-likeness (QED) is 0.662. The molecule has 0 radical (unpaired) electrons. The summed E-state index contributed by atoms with van der Waals surface area (Å²) in [5.74, 6) is 0. The first kappa shape index (κ1) is 8.50. The Morgan fingerprint density at radius 3 is 2.43 bits per heavy atom. The van der Waals surface area contributed by atoms with Gasteiger partial charge in [0.2, 0.25) is 0 Å². The summed E-state index contributed by atoms with van der Waals surface area (Å²) in [4.78, 5) is 22.6. The fourth-order valence-electron chi connectivity index (χ4n) is 1.17. The Morgan fingerprint density at radius 2 is 1.71 bits per heavy atom. The molecule has 14 heavy (non-hydrogen) atoms. The van der Waals surface area contributed by atoms with Gasteiger partial charge in [0.25, 0.3) is 0 Å². The SMILES string of the molecule is O=Cc1nccnc1-c1ccncc1. The molecule has 68 valence electrons. The lowest BCUT2D eigenvalue weighted by Gasteiger charge is -2.00. The maximum atomic E-state index is 10.7. The molecule has 4 heteroatoms. The number of aromatic nitrogens is 3. The maximum absolute atomic E-state index is 10.7. The van der Waals surface area contributed by atoms with Gasteiger partial charge < -0.3 is 0 Å². The van der Waals surface area contributed by atoms with E-state index in [2.05, 4.69) is 15.0 Å². The van der Waals surface area contributed by atoms with E-state index in [-0.39, 0.29) is 0 Å². The first-order chi connectivity index (χ1) is 6.92. The van der Waals surface area contributed by atoms with E-state index in [0.29, 0.717) is 17.7 Å². The molecule has 0 fully saturated rings. The Morgan fingerprint density at radius 1 is 1.00 bits per heavy atom. The minimum Gasteiger partial charge on any atom is -0.296 e. The number of pyridine rings is 1. The van der Waals surface area contributed by atoms with Crippen molar-refractivity contribution in [2.75, 3.05) is 0 Å². The Hall–Kier alpha value is -2.10. The molecule has 0 aliphatic carbocycles. The van der Waals surface area contributed by atoms with Crippen molar-refractivity contribution in [3.05, 3.63) is 42.6 Å². The second kappa shape index (κ2) is 3.74. The van der Waals surface area contributed by atoms with Crippen LogP contribution in [0.1, 0.15) is 10.5 Å². The maximum Gasteiger partial charge on any atom is 0.170 e. The van der Waals surface area contributed by atoms with Crippen LogP contribution >= 0.6 is 0 Å². The van der Waals surface area contributed by atoms with E-state index in [0.717, 1.165) is 5.56 Å². The molecule has 4 nitrogen and oxygen atoms in total. The van der Waals surface area contributed by atoms with Crippen molar-refractivity contribution in [2.24, 2.45) is 0 Å². The van der Waals surface area contributed by atoms with Crippen LogP contribution in [0.5, 0.6) is 0 Å². The topological polar surface area (TPSA) is 55.7 Å². The van der Waals surface area contributed by atoms with Crippen LogP contribution < -0.4 is 0 Å². The van der Waals surface area contributed by atoms with E-state index in [1.807, 2.05) is 0 Å². The third-order valence-corrected chi connectivity index (χ3v) is 1.79. The smallest absolute Gasteiger partial charge is 0.170 e. The first-order valence-corrected chi connectivity index (χ1v) is 4.08. The number of aldehydes is 1. The van der Waals surface area contributed by atoms with Crippen LogP contribution in [0.4, 0.5) is 0 Å². The largest absolute Gasteiger partial charge is 0.296 e. The molecule has 0 saturated carbocycles. The minimum absolute atomic E-state index is 0.346. The van der Waals surface area contributed by atoms with Gasteiger partial charge in [-0.05, 0) is 12.1 Å². The van der Waals surface area contributed by atoms with Gasteiger partial charge in [-0.3, -0.25) is 14.8 Å². The van der Waals surface area contributed by atoms with Crippen molar-refractivity contribution >= 4 is 6.29 Å². The summed E-state index contributed by atoms with van der Waals surface area (Å²) in [7, 11) is 0. The van der Waals surface area contributed by atoms with E-state index in [9.17, 15) is 4.79 Å². The third-order valence-electron chi connectivity index (χ3n) is 1.79. The van der Waals surface area contributed by atoms with Crippen molar-refractivity contribution < 1.29 is 4.79 Å². The average Bonchev–Trinajstić information content (AvgIpc) is 2.30. The molecule has 0 bridgehead atoms. The highest BCUT2D eigenvalue weighted by molar-refractivity contribution is 5.82. The normalized spacial score (nSPS) is 9.71. The van der Waals surface area contributed by atoms with Crippen LogP contribution in [-0.2, 0) is 0 Å². The predicted molar refractivity (Wildman–Crippen MR) is 50.7 cm³/mol. The van der Waals surface area contributed by atoms with E-state index in [1.54, 1.807) is 30.7 Å². The zero-order valence-electron chi connectivity index (χ0n) is 7.29. The summed E-state index contributed by atoms with van der Waals surface area (Å²) >= 11 is 0. The Kier molecular flexibility index (Phi) is 2.27. The molecule has 0 aliphatic rings. The molecule has 0 amide bonds. The fraction of sp³-hybridized carbons (Fsp3) is 0. The lowest BCUT2D eigenvalue weighted by molar-refractivity contribution is 0.111. The van der Waals surface area contributed by atoms with Gasteiger partial charge in [0.05, 0.1) is 5.69 Å². The predicted octanol–water partition coefficient (Wildman–Crippen LogP) is 1.35. The summed E-state index contributed by atoms with van der Waals surface area (Å²) in [5.41, 5.74) is 1.78. The zero-order valence-corrected chi connectivity index (χ0v) is 7.29. The van der Waals surface area contributed by atoms with Crippen LogP contribution in [-0.4, -0.2) is 21.2 Å². The van der Waals surface area contributed by atoms with Gasteiger partial charge in [-0.25, -0.2) is 4.98 Å². The van der Waals surface area contributed by atoms with Crippen LogP contribution in [0.3, 0.4) is 0 Å². The highest BCUT2D eigenvalue weighted by atomic mass is 16.1. The van der Waals surface area contributed by atoms with Gasteiger partial charge in [0, 0.05) is 30.4 Å². The second-order valence-corrected chi connectivity index (χ2v) is 2.64. The molecule has 0 unspecified atom stereocenters. The number of carbonyl (C=O) groups excluding carboxylic acids is 1. The molecule has 0 aliphatic heterocycles. The minimum atomic E-state index is 0.346. The number of rotatable bonds is 2. The van der Waals surface area contributed by atoms with Gasteiger partial charge in [-0.1, -0.05) is 0 Å². The lowest BCUT2D eigenvalue weighted by atomic mass is 10.1. The molecule has 0 atom stereocenters. The van der Waals surface area contributed by atoms with Gasteiger partial charge in [0.1, 0.15) is 5.69 Å². The summed E-state index contributed by atoms with van der Waals surface area (Å²) < 4.78 is 0. The number of hydrogen-bond donors (Lipinski definition) is 0. The van der Waals surface area contributed by atoms with E-state index < -0.39 is 0 Å². The highest BCUT2D eigenvalue weighted by Gasteiger charge is 2.05. The highest BCUT2D eigenvalue weighted by Crippen LogP contribution is 2.16. The van der Waals surface area contributed by atoms with Gasteiger partial charge in [-0.2, -0.15) is 0 Å². The molecular formula is C10H7N3O. The number of nitrogens with zero attached hydrogens (tertiary/aromatic N) is 3. The van der Waals surface area contributed by atoms with Crippen molar-refractivity contribution in [2.45, 2.75) is 0 Å². The monoisotopic (exact) mass is 185 g/mol. The summed E-state index contributed by atoms with van der Waals surface area (Å²) in [5, 5.41) is 0. The Labute approximate surface area is 80.7 Å². The zero-order chi connectivity index (χ0) is 9.80. The molecule has 0 aromatic carbocycles. The average molecular weight is 185 g/mol. The Balaban J connectivity index is 2.57. The molecule has 2 aromatic heterocycles. The summed E-state index contributed by atoms with van der Waals surface area (Å²) in [6, 6.07) is 3.58. The first-order valence-electron chi connectivity index (χ1n) is 4.08. The lowest BCUT2D eigenvalue weighted by Crippen LogP contribution is -1.94. The third kappa shape index (κ3) is 1.50. The Bertz CT molecular complexity index is 442. The molecule has 0 saturated heterocycles. The van der Waals surface area contributed by atoms with E-state index in [1.165, 1.54) is 6.20 Å². The van der Waals surface area contributed by atoms with Crippen LogP contribution in [0.15, 0.2) is 36.9 Å². The summed E-state index contributed by atoms with van der Waals surface area (Å²) in [6.07, 6.45) is 7.05. The van der Waals surface area contributed by atoms with Crippen LogP contribution in [0, 0.1) is 0 Å². The molecule has 2 rings (SSSR count). The van der Waals surface area contributed by atoms with Crippen LogP contribution in [0.2, 0.25) is 0 Å². The van der Waals surface area contributed by atoms with Crippen molar-refractivity contribution in [3.8, 4) is 11.3 Å². The van der Waals surface area contributed by atoms with Crippen molar-refractivity contribution in [1.29, 1.82) is 0 Å². The molecule has 2 aromatic rings. The molecule has 2 heterocycles. The van der Waals surface area contributed by atoms with Gasteiger partial charge >= 0.3 is 0 Å². The molecular weight excluding hydrogens is 178 g/mol. The molecule has 0 N–H and O–H groups in total. The molecule has 0 spiro atoms. The summed E-state index contributed by atoms with van der Waals surface area (Å²) in [6.45, 7) is 0. The van der Waals surface area contributed by atoms with Gasteiger partial charge in [0.15, 0.2) is 6.29 Å². The second-order valence-electron chi connectivity index (χ2n) is 2.64. The fourth-order valence-corrected chi connectivity index (χ4v) is 1.17. The van der Waals surface area contributed by atoms with E-state index in [4.69, 9.17) is 0 Å². The van der Waals surface area contributed by atoms with Gasteiger partial charge in [-0.15, -0.1) is 0 Å². The standard InChI is InChI=1S/C10H7N3O/c14-7-9-10(13-6-5-12-9)8-1-3-11-4-2-8/h1-7H. The number of hydrogen-bond acceptors (Lipinski definition) is 4. The van der Waals surface area contributed by atoms with E-state index >= 15 is 0 Å². The van der Waals surface area contributed by atoms with Crippen molar-refractivity contribution in [1.82, 2.24) is 15.0 Å². The van der Waals surface area contributed by atoms with Crippen LogP contribution in [0.25, 0.3) is 11.3 Å². The number of carbonyl (C=O) groups is 1.